The predicted molar refractivity (Wildman–Crippen MR) is 80.6 cm³/mol. The van der Waals surface area contributed by atoms with Crippen molar-refractivity contribution < 1.29 is 32.4 Å². The highest BCUT2D eigenvalue weighted by atomic mass is 19.3. The van der Waals surface area contributed by atoms with Crippen molar-refractivity contribution in [2.75, 3.05) is 12.4 Å². The molecule has 0 unspecified atom stereocenters. The highest BCUT2D eigenvalue weighted by Gasteiger charge is 2.17. The van der Waals surface area contributed by atoms with Crippen LogP contribution in [0.4, 0.5) is 24.5 Å². The molecular weight excluding hydrogens is 345 g/mol. The summed E-state index contributed by atoms with van der Waals surface area (Å²) in [7, 11) is 1.23. The first-order chi connectivity index (χ1) is 11.8. The number of ether oxygens (including phenoxy) is 2. The first-order valence-corrected chi connectivity index (χ1v) is 6.70. The Kier molecular flexibility index (Phi) is 5.42. The number of carbonyl (C=O) groups excluding carboxylic acids is 1. The SMILES string of the molecule is COc1ccc(C(=O)Nc2cc([N+](=O)[O-])ccc2F)cc1OC(F)F. The maximum Gasteiger partial charge on any atom is 0.387 e. The molecule has 0 aliphatic carbocycles. The summed E-state index contributed by atoms with van der Waals surface area (Å²) in [5.74, 6) is -2.18. The number of benzene rings is 2. The van der Waals surface area contributed by atoms with E-state index in [0.29, 0.717) is 0 Å². The molecule has 10 heteroatoms. The summed E-state index contributed by atoms with van der Waals surface area (Å²) in [6, 6.07) is 6.04. The van der Waals surface area contributed by atoms with E-state index >= 15 is 0 Å². The quantitative estimate of drug-likeness (QED) is 0.631. The minimum absolute atomic E-state index is 0.0293. The average Bonchev–Trinajstić information content (AvgIpc) is 2.56. The van der Waals surface area contributed by atoms with Crippen molar-refractivity contribution >= 4 is 17.3 Å². The van der Waals surface area contributed by atoms with E-state index in [1.165, 1.54) is 19.2 Å². The molecule has 0 aliphatic rings. The van der Waals surface area contributed by atoms with Crippen molar-refractivity contribution in [3.05, 3.63) is 57.9 Å². The van der Waals surface area contributed by atoms with Gasteiger partial charge in [-0.15, -0.1) is 0 Å². The molecule has 25 heavy (non-hydrogen) atoms. The van der Waals surface area contributed by atoms with Crippen LogP contribution in [0, 0.1) is 15.9 Å². The lowest BCUT2D eigenvalue weighted by molar-refractivity contribution is -0.384. The minimum Gasteiger partial charge on any atom is -0.493 e. The Balaban J connectivity index is 2.29. The Labute approximate surface area is 139 Å². The van der Waals surface area contributed by atoms with Crippen molar-refractivity contribution in [3.63, 3.8) is 0 Å². The van der Waals surface area contributed by atoms with Crippen LogP contribution in [0.25, 0.3) is 0 Å². The summed E-state index contributed by atoms with van der Waals surface area (Å²) in [6.45, 7) is -3.14. The fourth-order valence-corrected chi connectivity index (χ4v) is 1.92. The number of amides is 1. The van der Waals surface area contributed by atoms with Crippen LogP contribution in [0.15, 0.2) is 36.4 Å². The van der Waals surface area contributed by atoms with Crippen molar-refractivity contribution in [2.45, 2.75) is 6.61 Å². The fourth-order valence-electron chi connectivity index (χ4n) is 1.92. The zero-order valence-corrected chi connectivity index (χ0v) is 12.7. The topological polar surface area (TPSA) is 90.7 Å². The fraction of sp³-hybridized carbons (Fsp3) is 0.133. The van der Waals surface area contributed by atoms with Gasteiger partial charge in [-0.1, -0.05) is 0 Å². The number of nitro groups is 1. The summed E-state index contributed by atoms with van der Waals surface area (Å²) < 4.78 is 47.6. The van der Waals surface area contributed by atoms with Gasteiger partial charge < -0.3 is 14.8 Å². The molecule has 0 atom stereocenters. The van der Waals surface area contributed by atoms with Gasteiger partial charge in [0.25, 0.3) is 11.6 Å². The zero-order chi connectivity index (χ0) is 18.6. The summed E-state index contributed by atoms with van der Waals surface area (Å²) in [5.41, 5.74) is -0.984. The van der Waals surface area contributed by atoms with Crippen LogP contribution in [-0.4, -0.2) is 24.6 Å². The monoisotopic (exact) mass is 356 g/mol. The number of nitrogens with zero attached hydrogens (tertiary/aromatic N) is 1. The van der Waals surface area contributed by atoms with E-state index in [9.17, 15) is 28.1 Å². The van der Waals surface area contributed by atoms with Gasteiger partial charge in [-0.2, -0.15) is 8.78 Å². The zero-order valence-electron chi connectivity index (χ0n) is 12.7. The third kappa shape index (κ3) is 4.37. The van der Waals surface area contributed by atoms with Crippen molar-refractivity contribution in [1.29, 1.82) is 0 Å². The number of anilines is 1. The molecule has 2 aromatic rings. The molecule has 2 rings (SSSR count). The summed E-state index contributed by atoms with van der Waals surface area (Å²) in [5, 5.41) is 12.8. The van der Waals surface area contributed by atoms with Gasteiger partial charge in [0.1, 0.15) is 5.82 Å². The van der Waals surface area contributed by atoms with E-state index in [-0.39, 0.29) is 17.1 Å². The molecule has 1 N–H and O–H groups in total. The standard InChI is InChI=1S/C15H11F3N2O5/c1-24-12-5-2-8(6-13(12)25-15(17)18)14(21)19-11-7-9(20(22)23)3-4-10(11)16/h2-7,15H,1H3,(H,19,21). The molecule has 0 bridgehead atoms. The molecule has 0 fully saturated rings. The Morgan fingerprint density at radius 2 is 1.92 bits per heavy atom. The van der Waals surface area contributed by atoms with Crippen LogP contribution in [-0.2, 0) is 0 Å². The minimum atomic E-state index is -3.14. The summed E-state index contributed by atoms with van der Waals surface area (Å²) in [4.78, 5) is 22.1. The molecule has 0 spiro atoms. The molecule has 2 aromatic carbocycles. The number of non-ortho nitro benzene ring substituents is 1. The number of hydrogen-bond donors (Lipinski definition) is 1. The van der Waals surface area contributed by atoms with E-state index < -0.39 is 34.6 Å². The lowest BCUT2D eigenvalue weighted by Gasteiger charge is -2.12. The van der Waals surface area contributed by atoms with Gasteiger partial charge in [-0.25, -0.2) is 4.39 Å². The van der Waals surface area contributed by atoms with Crippen molar-refractivity contribution in [2.24, 2.45) is 0 Å². The molecule has 0 saturated heterocycles. The second-order valence-corrected chi connectivity index (χ2v) is 4.62. The first kappa shape index (κ1) is 18.0. The number of carbonyl (C=O) groups is 1. The second-order valence-electron chi connectivity index (χ2n) is 4.62. The van der Waals surface area contributed by atoms with E-state index in [4.69, 9.17) is 4.74 Å². The van der Waals surface area contributed by atoms with Gasteiger partial charge in [0.2, 0.25) is 0 Å². The number of methoxy groups -OCH3 is 1. The van der Waals surface area contributed by atoms with Gasteiger partial charge in [-0.05, 0) is 24.3 Å². The third-order valence-electron chi connectivity index (χ3n) is 3.05. The Hall–Kier alpha value is -3.30. The van der Waals surface area contributed by atoms with Gasteiger partial charge in [0.15, 0.2) is 11.5 Å². The molecule has 7 nitrogen and oxygen atoms in total. The normalized spacial score (nSPS) is 10.4. The van der Waals surface area contributed by atoms with Gasteiger partial charge in [-0.3, -0.25) is 14.9 Å². The van der Waals surface area contributed by atoms with Crippen LogP contribution >= 0.6 is 0 Å². The van der Waals surface area contributed by atoms with Crippen molar-refractivity contribution in [3.8, 4) is 11.5 Å². The number of nitro benzene ring substituents is 1. The molecule has 0 saturated carbocycles. The van der Waals surface area contributed by atoms with Crippen LogP contribution in [0.1, 0.15) is 10.4 Å². The number of nitrogens with one attached hydrogen (secondary N) is 1. The van der Waals surface area contributed by atoms with E-state index in [0.717, 1.165) is 24.3 Å². The van der Waals surface area contributed by atoms with E-state index in [1.54, 1.807) is 0 Å². The van der Waals surface area contributed by atoms with E-state index in [2.05, 4.69) is 10.1 Å². The van der Waals surface area contributed by atoms with Gasteiger partial charge in [0, 0.05) is 17.7 Å². The lowest BCUT2D eigenvalue weighted by atomic mass is 10.1. The maximum absolute atomic E-state index is 13.7. The molecule has 0 aromatic heterocycles. The predicted octanol–water partition coefficient (Wildman–Crippen LogP) is 3.60. The van der Waals surface area contributed by atoms with Crippen LogP contribution in [0.5, 0.6) is 11.5 Å². The molecular formula is C15H11F3N2O5. The molecule has 0 radical (unpaired) electrons. The smallest absolute Gasteiger partial charge is 0.387 e. The number of halogens is 3. The second kappa shape index (κ2) is 7.51. The molecule has 0 heterocycles. The number of rotatable bonds is 6. The lowest BCUT2D eigenvalue weighted by Crippen LogP contribution is -2.14. The Morgan fingerprint density at radius 1 is 1.20 bits per heavy atom. The number of hydrogen-bond acceptors (Lipinski definition) is 5. The maximum atomic E-state index is 13.7. The first-order valence-electron chi connectivity index (χ1n) is 6.70. The Morgan fingerprint density at radius 3 is 2.52 bits per heavy atom. The van der Waals surface area contributed by atoms with Crippen molar-refractivity contribution in [1.82, 2.24) is 0 Å². The molecule has 132 valence electrons. The highest BCUT2D eigenvalue weighted by molar-refractivity contribution is 6.04. The summed E-state index contributed by atoms with van der Waals surface area (Å²) >= 11 is 0. The van der Waals surface area contributed by atoms with Crippen LogP contribution < -0.4 is 14.8 Å². The van der Waals surface area contributed by atoms with Gasteiger partial charge in [0.05, 0.1) is 17.7 Å². The Bertz CT molecular complexity index is 814. The van der Waals surface area contributed by atoms with Gasteiger partial charge >= 0.3 is 6.61 Å². The van der Waals surface area contributed by atoms with Crippen LogP contribution in [0.3, 0.4) is 0 Å². The molecule has 0 aliphatic heterocycles. The third-order valence-corrected chi connectivity index (χ3v) is 3.05. The van der Waals surface area contributed by atoms with E-state index in [1.807, 2.05) is 0 Å². The average molecular weight is 356 g/mol. The summed E-state index contributed by atoms with van der Waals surface area (Å²) in [6.07, 6.45) is 0. The largest absolute Gasteiger partial charge is 0.493 e. The molecule has 1 amide bonds. The van der Waals surface area contributed by atoms with Crippen LogP contribution in [0.2, 0.25) is 0 Å². The number of alkyl halides is 2. The highest BCUT2D eigenvalue weighted by Crippen LogP contribution is 2.30.